The largest absolute Gasteiger partial charge is 0.465 e. The number of carbonyl (C=O) groups excluding carboxylic acids is 2. The number of hydrogen-bond acceptors (Lipinski definition) is 4. The van der Waals surface area contributed by atoms with Gasteiger partial charge in [-0.1, -0.05) is 12.1 Å². The number of aromatic nitrogens is 1. The summed E-state index contributed by atoms with van der Waals surface area (Å²) in [5.74, 6) is -1.88. The highest BCUT2D eigenvalue weighted by Gasteiger charge is 2.18. The van der Waals surface area contributed by atoms with Crippen molar-refractivity contribution in [3.05, 3.63) is 75.8 Å². The predicted molar refractivity (Wildman–Crippen MR) is 94.9 cm³/mol. The van der Waals surface area contributed by atoms with Gasteiger partial charge in [0.15, 0.2) is 0 Å². The zero-order valence-electron chi connectivity index (χ0n) is 14.1. The van der Waals surface area contributed by atoms with E-state index in [2.05, 4.69) is 10.1 Å². The summed E-state index contributed by atoms with van der Waals surface area (Å²) in [6.45, 7) is 0. The lowest BCUT2D eigenvalue weighted by Crippen LogP contribution is -2.24. The van der Waals surface area contributed by atoms with Crippen LogP contribution in [0, 0.1) is 5.82 Å². The first kappa shape index (κ1) is 17.3. The van der Waals surface area contributed by atoms with Crippen LogP contribution in [0.15, 0.2) is 53.5 Å². The van der Waals surface area contributed by atoms with Gasteiger partial charge in [0.05, 0.1) is 23.9 Å². The molecule has 7 heteroatoms. The highest BCUT2D eigenvalue weighted by Crippen LogP contribution is 2.18. The van der Waals surface area contributed by atoms with E-state index in [1.165, 1.54) is 37.6 Å². The molecule has 132 valence electrons. The molecule has 0 bridgehead atoms. The Bertz CT molecular complexity index is 1090. The lowest BCUT2D eigenvalue weighted by Gasteiger charge is -2.11. The Hall–Kier alpha value is -3.48. The molecule has 0 saturated heterocycles. The Morgan fingerprint density at radius 1 is 1.12 bits per heavy atom. The second-order valence-corrected chi connectivity index (χ2v) is 5.64. The zero-order chi connectivity index (χ0) is 18.8. The molecule has 0 aliphatic heterocycles. The normalized spacial score (nSPS) is 10.6. The van der Waals surface area contributed by atoms with Crippen LogP contribution in [0.4, 0.5) is 10.1 Å². The van der Waals surface area contributed by atoms with E-state index in [4.69, 9.17) is 0 Å². The van der Waals surface area contributed by atoms with Crippen LogP contribution in [-0.4, -0.2) is 23.6 Å². The standard InChI is InChI=1S/C19H15FN2O4/c1-22-10-14(17(23)13-9-11(20)7-8-16(13)22)18(24)21-15-6-4-3-5-12(15)19(25)26-2/h3-10H,1-2H3,(H,21,24). The van der Waals surface area contributed by atoms with Crippen molar-refractivity contribution in [2.45, 2.75) is 0 Å². The number of fused-ring (bicyclic) bond motifs is 1. The van der Waals surface area contributed by atoms with Gasteiger partial charge in [-0.3, -0.25) is 9.59 Å². The van der Waals surface area contributed by atoms with E-state index in [9.17, 15) is 18.8 Å². The summed E-state index contributed by atoms with van der Waals surface area (Å²) < 4.78 is 19.8. The van der Waals surface area contributed by atoms with Crippen molar-refractivity contribution >= 4 is 28.5 Å². The quantitative estimate of drug-likeness (QED) is 0.734. The van der Waals surface area contributed by atoms with Crippen LogP contribution in [0.1, 0.15) is 20.7 Å². The van der Waals surface area contributed by atoms with Crippen molar-refractivity contribution in [3.63, 3.8) is 0 Å². The van der Waals surface area contributed by atoms with Gasteiger partial charge < -0.3 is 14.6 Å². The monoisotopic (exact) mass is 354 g/mol. The zero-order valence-corrected chi connectivity index (χ0v) is 14.1. The van der Waals surface area contributed by atoms with Gasteiger partial charge in [0.1, 0.15) is 11.4 Å². The maximum absolute atomic E-state index is 13.5. The summed E-state index contributed by atoms with van der Waals surface area (Å²) in [5, 5.41) is 2.64. The maximum Gasteiger partial charge on any atom is 0.339 e. The molecule has 0 fully saturated rings. The van der Waals surface area contributed by atoms with E-state index in [-0.39, 0.29) is 22.2 Å². The van der Waals surface area contributed by atoms with E-state index in [0.717, 1.165) is 6.07 Å². The second kappa shape index (κ2) is 6.79. The molecule has 1 heterocycles. The minimum Gasteiger partial charge on any atom is -0.465 e. The molecule has 0 spiro atoms. The lowest BCUT2D eigenvalue weighted by atomic mass is 10.1. The molecule has 0 aliphatic carbocycles. The van der Waals surface area contributed by atoms with Gasteiger partial charge in [0.25, 0.3) is 5.91 Å². The Kier molecular flexibility index (Phi) is 4.53. The van der Waals surface area contributed by atoms with Crippen LogP contribution in [-0.2, 0) is 11.8 Å². The molecule has 3 rings (SSSR count). The summed E-state index contributed by atoms with van der Waals surface area (Å²) in [4.78, 5) is 37.0. The molecular weight excluding hydrogens is 339 g/mol. The first-order valence-electron chi connectivity index (χ1n) is 7.70. The van der Waals surface area contributed by atoms with Crippen LogP contribution in [0.3, 0.4) is 0 Å². The number of nitrogens with zero attached hydrogens (tertiary/aromatic N) is 1. The fourth-order valence-electron chi connectivity index (χ4n) is 2.70. The molecule has 0 aliphatic rings. The van der Waals surface area contributed by atoms with Gasteiger partial charge in [0, 0.05) is 18.6 Å². The number of benzene rings is 2. The summed E-state index contributed by atoms with van der Waals surface area (Å²) in [7, 11) is 2.88. The molecule has 1 amide bonds. The molecule has 0 saturated carbocycles. The summed E-state index contributed by atoms with van der Waals surface area (Å²) >= 11 is 0. The molecule has 6 nitrogen and oxygen atoms in total. The van der Waals surface area contributed by atoms with Crippen LogP contribution < -0.4 is 10.7 Å². The summed E-state index contributed by atoms with van der Waals surface area (Å²) in [6, 6.07) is 10.1. The molecule has 0 radical (unpaired) electrons. The molecule has 2 aromatic carbocycles. The average molecular weight is 354 g/mol. The Labute approximate surface area is 147 Å². The smallest absolute Gasteiger partial charge is 0.339 e. The molecule has 1 aromatic heterocycles. The van der Waals surface area contributed by atoms with Crippen molar-refractivity contribution in [1.29, 1.82) is 0 Å². The van der Waals surface area contributed by atoms with Crippen molar-refractivity contribution < 1.29 is 18.7 Å². The first-order chi connectivity index (χ1) is 12.4. The first-order valence-corrected chi connectivity index (χ1v) is 7.70. The van der Waals surface area contributed by atoms with Crippen LogP contribution in [0.2, 0.25) is 0 Å². The SMILES string of the molecule is COC(=O)c1ccccc1NC(=O)c1cn(C)c2ccc(F)cc2c1=O. The molecule has 0 unspecified atom stereocenters. The number of ether oxygens (including phenoxy) is 1. The number of hydrogen-bond donors (Lipinski definition) is 1. The fourth-order valence-corrected chi connectivity index (χ4v) is 2.70. The van der Waals surface area contributed by atoms with Crippen molar-refractivity contribution in [3.8, 4) is 0 Å². The number of pyridine rings is 1. The third-order valence-corrected chi connectivity index (χ3v) is 3.98. The van der Waals surface area contributed by atoms with Crippen molar-refractivity contribution in [1.82, 2.24) is 4.57 Å². The number of rotatable bonds is 3. The number of aryl methyl sites for hydroxylation is 1. The highest BCUT2D eigenvalue weighted by atomic mass is 19.1. The molecule has 26 heavy (non-hydrogen) atoms. The van der Waals surface area contributed by atoms with E-state index >= 15 is 0 Å². The minimum atomic E-state index is -0.701. The van der Waals surface area contributed by atoms with Gasteiger partial charge in [-0.25, -0.2) is 9.18 Å². The van der Waals surface area contributed by atoms with Gasteiger partial charge in [0.2, 0.25) is 5.43 Å². The molecular formula is C19H15FN2O4. The van der Waals surface area contributed by atoms with Gasteiger partial charge >= 0.3 is 5.97 Å². The van der Waals surface area contributed by atoms with Gasteiger partial charge in [-0.05, 0) is 30.3 Å². The number of nitrogens with one attached hydrogen (secondary N) is 1. The Balaban J connectivity index is 2.06. The van der Waals surface area contributed by atoms with Crippen LogP contribution in [0.25, 0.3) is 10.9 Å². The highest BCUT2D eigenvalue weighted by molar-refractivity contribution is 6.08. The topological polar surface area (TPSA) is 77.4 Å². The van der Waals surface area contributed by atoms with Crippen molar-refractivity contribution in [2.75, 3.05) is 12.4 Å². The number of methoxy groups -OCH3 is 1. The number of amides is 1. The average Bonchev–Trinajstić information content (AvgIpc) is 2.64. The Morgan fingerprint density at radius 3 is 2.58 bits per heavy atom. The Morgan fingerprint density at radius 2 is 1.85 bits per heavy atom. The molecule has 3 aromatic rings. The van der Waals surface area contributed by atoms with Crippen LogP contribution >= 0.6 is 0 Å². The number of carbonyl (C=O) groups is 2. The number of para-hydroxylation sites is 1. The van der Waals surface area contributed by atoms with E-state index in [1.54, 1.807) is 23.7 Å². The number of anilines is 1. The van der Waals surface area contributed by atoms with Gasteiger partial charge in [-0.2, -0.15) is 0 Å². The predicted octanol–water partition coefficient (Wildman–Crippen LogP) is 2.72. The fraction of sp³-hybridized carbons (Fsp3) is 0.105. The number of halogens is 1. The molecule has 0 atom stereocenters. The van der Waals surface area contributed by atoms with E-state index in [0.29, 0.717) is 5.52 Å². The summed E-state index contributed by atoms with van der Waals surface area (Å²) in [6.07, 6.45) is 1.37. The maximum atomic E-state index is 13.5. The summed E-state index contributed by atoms with van der Waals surface area (Å²) in [5.41, 5.74) is 0.122. The van der Waals surface area contributed by atoms with E-state index in [1.807, 2.05) is 0 Å². The molecule has 1 N–H and O–H groups in total. The van der Waals surface area contributed by atoms with E-state index < -0.39 is 23.1 Å². The lowest BCUT2D eigenvalue weighted by molar-refractivity contribution is 0.0602. The number of esters is 1. The third kappa shape index (κ3) is 3.06. The third-order valence-electron chi connectivity index (χ3n) is 3.98. The van der Waals surface area contributed by atoms with Crippen LogP contribution in [0.5, 0.6) is 0 Å². The van der Waals surface area contributed by atoms with Crippen molar-refractivity contribution in [2.24, 2.45) is 7.05 Å². The minimum absolute atomic E-state index is 0.0985. The second-order valence-electron chi connectivity index (χ2n) is 5.64. The van der Waals surface area contributed by atoms with Gasteiger partial charge in [-0.15, -0.1) is 0 Å².